The van der Waals surface area contributed by atoms with Gasteiger partial charge >= 0.3 is 0 Å². The molecule has 4 nitrogen and oxygen atoms in total. The molecule has 0 aliphatic carbocycles. The zero-order valence-electron chi connectivity index (χ0n) is 11.9. The molecule has 0 N–H and O–H groups in total. The molecule has 0 radical (unpaired) electrons. The Morgan fingerprint density at radius 2 is 2.14 bits per heavy atom. The first kappa shape index (κ1) is 16.0. The molecule has 7 heteroatoms. The summed E-state index contributed by atoms with van der Waals surface area (Å²) in [4.78, 5) is 4.48. The van der Waals surface area contributed by atoms with Crippen molar-refractivity contribution in [2.24, 2.45) is 0 Å². The molecule has 1 aromatic heterocycles. The molecule has 0 fully saturated rings. The van der Waals surface area contributed by atoms with Gasteiger partial charge in [-0.1, -0.05) is 0 Å². The normalized spacial score (nSPS) is 13.0. The summed E-state index contributed by atoms with van der Waals surface area (Å²) in [6, 6.07) is 5.51. The third-order valence-corrected chi connectivity index (χ3v) is 3.24. The number of methoxy groups -OCH3 is 1. The SMILES string of the molecule is COc1ccc2c(c1)nc(C(C)Cl)n2CCOCC(F)F. The average molecular weight is 319 g/mol. The average Bonchev–Trinajstić information content (AvgIpc) is 2.81. The van der Waals surface area contributed by atoms with Crippen LogP contribution in [0.2, 0.25) is 0 Å². The molecule has 21 heavy (non-hydrogen) atoms. The van der Waals surface area contributed by atoms with Gasteiger partial charge in [-0.2, -0.15) is 0 Å². The van der Waals surface area contributed by atoms with Crippen LogP contribution in [0.25, 0.3) is 11.0 Å². The Labute approximate surface area is 126 Å². The van der Waals surface area contributed by atoms with Gasteiger partial charge in [-0.05, 0) is 19.1 Å². The zero-order valence-corrected chi connectivity index (χ0v) is 12.6. The van der Waals surface area contributed by atoms with Crippen LogP contribution in [0.1, 0.15) is 18.1 Å². The number of rotatable bonds is 7. The van der Waals surface area contributed by atoms with Crippen molar-refractivity contribution in [2.45, 2.75) is 25.3 Å². The molecule has 1 unspecified atom stereocenters. The molecular weight excluding hydrogens is 302 g/mol. The fourth-order valence-electron chi connectivity index (χ4n) is 2.12. The molecule has 0 saturated heterocycles. The smallest absolute Gasteiger partial charge is 0.261 e. The van der Waals surface area contributed by atoms with Crippen LogP contribution in [-0.2, 0) is 11.3 Å². The fraction of sp³-hybridized carbons (Fsp3) is 0.500. The molecule has 116 valence electrons. The minimum absolute atomic E-state index is 0.179. The third-order valence-electron chi connectivity index (χ3n) is 3.04. The first-order valence-electron chi connectivity index (χ1n) is 6.57. The summed E-state index contributed by atoms with van der Waals surface area (Å²) < 4.78 is 36.1. The Bertz CT molecular complexity index is 602. The van der Waals surface area contributed by atoms with E-state index in [0.717, 1.165) is 11.0 Å². The van der Waals surface area contributed by atoms with E-state index in [-0.39, 0.29) is 12.0 Å². The Hall–Kier alpha value is -1.40. The second-order valence-electron chi connectivity index (χ2n) is 4.56. The zero-order chi connectivity index (χ0) is 15.4. The maximum Gasteiger partial charge on any atom is 0.261 e. The predicted molar refractivity (Wildman–Crippen MR) is 77.4 cm³/mol. The molecule has 1 atom stereocenters. The molecule has 0 aliphatic heterocycles. The molecule has 2 rings (SSSR count). The summed E-state index contributed by atoms with van der Waals surface area (Å²) in [5, 5.41) is -0.293. The van der Waals surface area contributed by atoms with E-state index in [1.54, 1.807) is 7.11 Å². The third kappa shape index (κ3) is 3.83. The number of ether oxygens (including phenoxy) is 2. The van der Waals surface area contributed by atoms with Gasteiger partial charge < -0.3 is 14.0 Å². The first-order valence-corrected chi connectivity index (χ1v) is 7.00. The largest absolute Gasteiger partial charge is 0.497 e. The van der Waals surface area contributed by atoms with E-state index < -0.39 is 13.0 Å². The van der Waals surface area contributed by atoms with Crippen LogP contribution in [0.15, 0.2) is 18.2 Å². The van der Waals surface area contributed by atoms with Crippen LogP contribution >= 0.6 is 11.6 Å². The maximum absolute atomic E-state index is 12.1. The lowest BCUT2D eigenvalue weighted by Gasteiger charge is -2.11. The number of halogens is 3. The summed E-state index contributed by atoms with van der Waals surface area (Å²) in [6.07, 6.45) is -2.46. The fourth-order valence-corrected chi connectivity index (χ4v) is 2.29. The van der Waals surface area contributed by atoms with E-state index >= 15 is 0 Å². The number of fused-ring (bicyclic) bond motifs is 1. The van der Waals surface area contributed by atoms with Gasteiger partial charge in [-0.3, -0.25) is 0 Å². The van der Waals surface area contributed by atoms with E-state index in [0.29, 0.717) is 18.1 Å². The first-order chi connectivity index (χ1) is 10.0. The molecule has 1 aromatic carbocycles. The van der Waals surface area contributed by atoms with Gasteiger partial charge in [0.05, 0.1) is 30.1 Å². The van der Waals surface area contributed by atoms with Crippen molar-refractivity contribution < 1.29 is 18.3 Å². The van der Waals surface area contributed by atoms with Crippen LogP contribution in [0.3, 0.4) is 0 Å². The minimum Gasteiger partial charge on any atom is -0.497 e. The summed E-state index contributed by atoms with van der Waals surface area (Å²) in [5.41, 5.74) is 1.63. The van der Waals surface area contributed by atoms with Crippen molar-refractivity contribution in [1.82, 2.24) is 9.55 Å². The lowest BCUT2D eigenvalue weighted by atomic mass is 10.3. The molecule has 0 bridgehead atoms. The van der Waals surface area contributed by atoms with Crippen molar-refractivity contribution in [3.8, 4) is 5.75 Å². The topological polar surface area (TPSA) is 36.3 Å². The van der Waals surface area contributed by atoms with E-state index in [9.17, 15) is 8.78 Å². The van der Waals surface area contributed by atoms with Crippen molar-refractivity contribution in [3.05, 3.63) is 24.0 Å². The van der Waals surface area contributed by atoms with Gasteiger partial charge in [0.15, 0.2) is 0 Å². The predicted octanol–water partition coefficient (Wildman–Crippen LogP) is 3.63. The van der Waals surface area contributed by atoms with E-state index in [2.05, 4.69) is 4.98 Å². The number of alkyl halides is 3. The number of imidazole rings is 1. The van der Waals surface area contributed by atoms with Crippen LogP contribution in [0.4, 0.5) is 8.78 Å². The highest BCUT2D eigenvalue weighted by molar-refractivity contribution is 6.20. The number of aromatic nitrogens is 2. The highest BCUT2D eigenvalue weighted by atomic mass is 35.5. The van der Waals surface area contributed by atoms with Crippen molar-refractivity contribution >= 4 is 22.6 Å². The van der Waals surface area contributed by atoms with E-state index in [1.165, 1.54) is 0 Å². The molecule has 0 spiro atoms. The standard InChI is InChI=1S/C14H17ClF2N2O2/c1-9(15)14-18-11-7-10(20-2)3-4-12(11)19(14)5-6-21-8-13(16)17/h3-4,7,9,13H,5-6,8H2,1-2H3. The molecule has 0 amide bonds. The van der Waals surface area contributed by atoms with Gasteiger partial charge in [0.25, 0.3) is 6.43 Å². The summed E-state index contributed by atoms with van der Waals surface area (Å²) >= 11 is 6.14. The van der Waals surface area contributed by atoms with Crippen LogP contribution < -0.4 is 4.74 Å². The molecule has 1 heterocycles. The van der Waals surface area contributed by atoms with Gasteiger partial charge in [0, 0.05) is 12.6 Å². The second kappa shape index (κ2) is 7.04. The van der Waals surface area contributed by atoms with Crippen LogP contribution in [-0.4, -0.2) is 36.3 Å². The number of hydrogen-bond acceptors (Lipinski definition) is 3. The second-order valence-corrected chi connectivity index (χ2v) is 5.21. The van der Waals surface area contributed by atoms with Crippen LogP contribution in [0, 0.1) is 0 Å². The highest BCUT2D eigenvalue weighted by Crippen LogP contribution is 2.27. The quantitative estimate of drug-likeness (QED) is 0.578. The molecule has 2 aromatic rings. The van der Waals surface area contributed by atoms with Gasteiger partial charge in [0.2, 0.25) is 0 Å². The van der Waals surface area contributed by atoms with Crippen molar-refractivity contribution in [1.29, 1.82) is 0 Å². The Balaban J connectivity index is 2.24. The minimum atomic E-state index is -2.46. The summed E-state index contributed by atoms with van der Waals surface area (Å²) in [6.45, 7) is 1.85. The van der Waals surface area contributed by atoms with Gasteiger partial charge in [-0.25, -0.2) is 13.8 Å². The molecular formula is C14H17ClF2N2O2. The van der Waals surface area contributed by atoms with Crippen LogP contribution in [0.5, 0.6) is 5.75 Å². The van der Waals surface area contributed by atoms with Crippen molar-refractivity contribution in [3.63, 3.8) is 0 Å². The van der Waals surface area contributed by atoms with E-state index in [1.807, 2.05) is 29.7 Å². The summed E-state index contributed by atoms with van der Waals surface area (Å²) in [7, 11) is 1.58. The maximum atomic E-state index is 12.1. The number of benzene rings is 1. The van der Waals surface area contributed by atoms with Gasteiger partial charge in [0.1, 0.15) is 18.2 Å². The Morgan fingerprint density at radius 3 is 2.76 bits per heavy atom. The lowest BCUT2D eigenvalue weighted by molar-refractivity contribution is 0.0148. The van der Waals surface area contributed by atoms with Gasteiger partial charge in [-0.15, -0.1) is 11.6 Å². The highest BCUT2D eigenvalue weighted by Gasteiger charge is 2.15. The lowest BCUT2D eigenvalue weighted by Crippen LogP contribution is -2.12. The molecule has 0 saturated carbocycles. The van der Waals surface area contributed by atoms with Crippen molar-refractivity contribution in [2.75, 3.05) is 20.3 Å². The van der Waals surface area contributed by atoms with E-state index in [4.69, 9.17) is 21.1 Å². The number of nitrogens with zero attached hydrogens (tertiary/aromatic N) is 2. The monoisotopic (exact) mass is 318 g/mol. The summed E-state index contributed by atoms with van der Waals surface area (Å²) in [5.74, 6) is 1.38. The Kier molecular flexibility index (Phi) is 5.36. The molecule has 0 aliphatic rings. The Morgan fingerprint density at radius 1 is 1.38 bits per heavy atom. The number of hydrogen-bond donors (Lipinski definition) is 0.